The van der Waals surface area contributed by atoms with Crippen LogP contribution in [-0.4, -0.2) is 38.9 Å². The van der Waals surface area contributed by atoms with Crippen LogP contribution >= 0.6 is 23.4 Å². The van der Waals surface area contributed by atoms with Gasteiger partial charge in [0, 0.05) is 22.2 Å². The number of rotatable bonds is 9. The van der Waals surface area contributed by atoms with E-state index in [4.69, 9.17) is 11.6 Å². The molecule has 8 heteroatoms. The summed E-state index contributed by atoms with van der Waals surface area (Å²) in [5, 5.41) is 3.55. The van der Waals surface area contributed by atoms with Gasteiger partial charge in [0.1, 0.15) is 6.04 Å². The molecule has 0 saturated heterocycles. The van der Waals surface area contributed by atoms with Crippen LogP contribution < -0.4 is 9.62 Å². The van der Waals surface area contributed by atoms with Gasteiger partial charge in [-0.15, -0.1) is 11.8 Å². The Morgan fingerprint density at radius 2 is 1.79 bits per heavy atom. The number of carbonyl (C=O) groups is 1. The number of halogens is 1. The zero-order valence-electron chi connectivity index (χ0n) is 17.1. The van der Waals surface area contributed by atoms with E-state index in [2.05, 4.69) is 5.32 Å². The smallest absolute Gasteiger partial charge is 0.243 e. The lowest BCUT2D eigenvalue weighted by molar-refractivity contribution is -0.122. The topological polar surface area (TPSA) is 66.5 Å². The minimum Gasteiger partial charge on any atom is -0.353 e. The molecule has 2 aromatic rings. The number of nitrogens with one attached hydrogen (secondary N) is 1. The van der Waals surface area contributed by atoms with Crippen LogP contribution in [0.25, 0.3) is 0 Å². The number of thioether (sulfide) groups is 1. The molecule has 0 aliphatic heterocycles. The molecule has 0 heterocycles. The summed E-state index contributed by atoms with van der Waals surface area (Å²) in [4.78, 5) is 13.9. The quantitative estimate of drug-likeness (QED) is 0.450. The van der Waals surface area contributed by atoms with Crippen LogP contribution in [0.5, 0.6) is 0 Å². The Bertz CT molecular complexity index is 947. The molecule has 1 N–H and O–H groups in total. The Morgan fingerprint density at radius 3 is 2.34 bits per heavy atom. The van der Waals surface area contributed by atoms with Gasteiger partial charge in [0.15, 0.2) is 0 Å². The Morgan fingerprint density at radius 1 is 1.14 bits per heavy atom. The second-order valence-corrected chi connectivity index (χ2v) is 10.3. The fraction of sp³-hybridized carbons (Fsp3) is 0.381. The summed E-state index contributed by atoms with van der Waals surface area (Å²) in [7, 11) is -3.63. The number of benzene rings is 2. The Hall–Kier alpha value is -1.70. The average molecular weight is 455 g/mol. The summed E-state index contributed by atoms with van der Waals surface area (Å²) in [5.74, 6) is 0.375. The van der Waals surface area contributed by atoms with Gasteiger partial charge in [-0.25, -0.2) is 8.42 Å². The average Bonchev–Trinajstić information content (AvgIpc) is 2.66. The Balaban J connectivity index is 2.07. The minimum atomic E-state index is -3.63. The van der Waals surface area contributed by atoms with E-state index in [0.29, 0.717) is 29.4 Å². The lowest BCUT2D eigenvalue weighted by Gasteiger charge is -2.30. The van der Waals surface area contributed by atoms with E-state index < -0.39 is 16.1 Å². The Kier molecular flexibility index (Phi) is 8.43. The molecule has 0 aliphatic rings. The molecule has 2 aromatic carbocycles. The van der Waals surface area contributed by atoms with Crippen LogP contribution in [0.15, 0.2) is 47.4 Å². The van der Waals surface area contributed by atoms with Crippen molar-refractivity contribution in [1.82, 2.24) is 5.32 Å². The second kappa shape index (κ2) is 10.4. The number of aryl methyl sites for hydroxylation is 2. The van der Waals surface area contributed by atoms with Crippen molar-refractivity contribution in [2.45, 2.75) is 38.1 Å². The highest BCUT2D eigenvalue weighted by atomic mass is 35.5. The normalized spacial score (nSPS) is 12.4. The zero-order chi connectivity index (χ0) is 21.6. The number of sulfonamides is 1. The molecule has 1 atom stereocenters. The Labute approximate surface area is 182 Å². The first kappa shape index (κ1) is 23.6. The lowest BCUT2D eigenvalue weighted by Crippen LogP contribution is -2.49. The number of anilines is 1. The van der Waals surface area contributed by atoms with Crippen LogP contribution in [0.2, 0.25) is 5.02 Å². The van der Waals surface area contributed by atoms with Crippen molar-refractivity contribution in [2.75, 3.05) is 22.9 Å². The summed E-state index contributed by atoms with van der Waals surface area (Å²) in [6.07, 6.45) is 1.50. The molecule has 1 amide bonds. The maximum atomic E-state index is 12.8. The standard InChI is InChI=1S/C21H27ClN2O3S2/c1-5-20(21(25)23-12-13-28-19-10-7-17(22)8-11-19)24(29(4,26)27)18-9-6-15(2)16(3)14-18/h6-11,14,20H,5,12-13H2,1-4H3,(H,23,25)/t20-/m0/s1. The number of hydrogen-bond acceptors (Lipinski definition) is 4. The molecule has 5 nitrogen and oxygen atoms in total. The van der Waals surface area contributed by atoms with Crippen molar-refractivity contribution in [3.05, 3.63) is 58.6 Å². The number of hydrogen-bond donors (Lipinski definition) is 1. The highest BCUT2D eigenvalue weighted by Gasteiger charge is 2.31. The van der Waals surface area contributed by atoms with Gasteiger partial charge in [0.25, 0.3) is 0 Å². The van der Waals surface area contributed by atoms with Crippen LogP contribution in [0, 0.1) is 13.8 Å². The van der Waals surface area contributed by atoms with Crippen molar-refractivity contribution in [3.63, 3.8) is 0 Å². The first-order valence-electron chi connectivity index (χ1n) is 9.36. The lowest BCUT2D eigenvalue weighted by atomic mass is 10.1. The van der Waals surface area contributed by atoms with Gasteiger partial charge in [-0.05, 0) is 67.8 Å². The summed E-state index contributed by atoms with van der Waals surface area (Å²) in [6.45, 7) is 6.14. The number of amides is 1. The fourth-order valence-corrected chi connectivity index (χ4v) is 5.01. The minimum absolute atomic E-state index is 0.298. The van der Waals surface area contributed by atoms with Crippen LogP contribution in [-0.2, 0) is 14.8 Å². The van der Waals surface area contributed by atoms with Crippen molar-refractivity contribution in [3.8, 4) is 0 Å². The highest BCUT2D eigenvalue weighted by molar-refractivity contribution is 7.99. The fourth-order valence-electron chi connectivity index (χ4n) is 2.91. The van der Waals surface area contributed by atoms with Gasteiger partial charge in [-0.3, -0.25) is 9.10 Å². The third-order valence-corrected chi connectivity index (χ3v) is 7.00. The molecule has 0 bridgehead atoms. The van der Waals surface area contributed by atoms with Crippen molar-refractivity contribution in [2.24, 2.45) is 0 Å². The molecule has 0 radical (unpaired) electrons. The van der Waals surface area contributed by atoms with Gasteiger partial charge < -0.3 is 5.32 Å². The van der Waals surface area contributed by atoms with Crippen LogP contribution in [0.3, 0.4) is 0 Å². The summed E-state index contributed by atoms with van der Waals surface area (Å²) >= 11 is 7.48. The number of carbonyl (C=O) groups excluding carboxylic acids is 1. The third kappa shape index (κ3) is 6.66. The predicted octanol–water partition coefficient (Wildman–Crippen LogP) is 4.41. The molecule has 158 valence electrons. The highest BCUT2D eigenvalue weighted by Crippen LogP contribution is 2.25. The molecule has 2 rings (SSSR count). The molecule has 0 fully saturated rings. The largest absolute Gasteiger partial charge is 0.353 e. The molecule has 0 spiro atoms. The summed E-state index contributed by atoms with van der Waals surface area (Å²) in [6, 6.07) is 12.1. The van der Waals surface area contributed by atoms with Gasteiger partial charge in [0.05, 0.1) is 11.9 Å². The summed E-state index contributed by atoms with van der Waals surface area (Å²) < 4.78 is 26.2. The maximum absolute atomic E-state index is 12.8. The summed E-state index contributed by atoms with van der Waals surface area (Å²) in [5.41, 5.74) is 2.55. The molecule has 0 unspecified atom stereocenters. The van der Waals surface area contributed by atoms with Gasteiger partial charge in [-0.1, -0.05) is 24.6 Å². The van der Waals surface area contributed by atoms with Gasteiger partial charge in [-0.2, -0.15) is 0 Å². The van der Waals surface area contributed by atoms with E-state index >= 15 is 0 Å². The molecule has 29 heavy (non-hydrogen) atoms. The van der Waals surface area contributed by atoms with Crippen molar-refractivity contribution < 1.29 is 13.2 Å². The number of nitrogens with zero attached hydrogens (tertiary/aromatic N) is 1. The molecular weight excluding hydrogens is 428 g/mol. The van der Waals surface area contributed by atoms with E-state index in [9.17, 15) is 13.2 Å². The van der Waals surface area contributed by atoms with E-state index in [1.165, 1.54) is 4.31 Å². The monoisotopic (exact) mass is 454 g/mol. The molecule has 0 aliphatic carbocycles. The second-order valence-electron chi connectivity index (χ2n) is 6.84. The van der Waals surface area contributed by atoms with E-state index in [0.717, 1.165) is 22.3 Å². The zero-order valence-corrected chi connectivity index (χ0v) is 19.5. The predicted molar refractivity (Wildman–Crippen MR) is 123 cm³/mol. The van der Waals surface area contributed by atoms with Crippen LogP contribution in [0.4, 0.5) is 5.69 Å². The molecule has 0 aromatic heterocycles. The van der Waals surface area contributed by atoms with Crippen molar-refractivity contribution >= 4 is 45.0 Å². The van der Waals surface area contributed by atoms with Gasteiger partial charge >= 0.3 is 0 Å². The third-order valence-electron chi connectivity index (χ3n) is 4.56. The van der Waals surface area contributed by atoms with Crippen LogP contribution in [0.1, 0.15) is 24.5 Å². The first-order chi connectivity index (χ1) is 13.6. The van der Waals surface area contributed by atoms with E-state index in [-0.39, 0.29) is 5.91 Å². The van der Waals surface area contributed by atoms with E-state index in [1.54, 1.807) is 17.8 Å². The van der Waals surface area contributed by atoms with Crippen molar-refractivity contribution in [1.29, 1.82) is 0 Å². The van der Waals surface area contributed by atoms with E-state index in [1.807, 2.05) is 57.2 Å². The maximum Gasteiger partial charge on any atom is 0.243 e. The molecular formula is C21H27ClN2O3S2. The first-order valence-corrected chi connectivity index (χ1v) is 12.6. The van der Waals surface area contributed by atoms with Gasteiger partial charge in [0.2, 0.25) is 15.9 Å². The molecule has 0 saturated carbocycles. The SMILES string of the molecule is CC[C@@H](C(=O)NCCSc1ccc(Cl)cc1)N(c1ccc(C)c(C)c1)S(C)(=O)=O.